The number of nitrogens with zero attached hydrogens (tertiary/aromatic N) is 2. The van der Waals surface area contributed by atoms with Gasteiger partial charge in [-0.3, -0.25) is 9.88 Å². The molecule has 0 spiro atoms. The summed E-state index contributed by atoms with van der Waals surface area (Å²) in [4.78, 5) is 9.14. The topological polar surface area (TPSA) is 36.4 Å². The van der Waals surface area contributed by atoms with Gasteiger partial charge in [0.1, 0.15) is 5.60 Å². The SMILES string of the molecule is CC(C)CN(Cc1ccccn1)Cc1ccc(C#CC(C)(C)O)s1. The molecule has 24 heavy (non-hydrogen) atoms. The van der Waals surface area contributed by atoms with Crippen molar-refractivity contribution in [3.05, 3.63) is 52.0 Å². The molecule has 2 heterocycles. The Hall–Kier alpha value is -1.67. The van der Waals surface area contributed by atoms with Crippen LogP contribution in [0.5, 0.6) is 0 Å². The Morgan fingerprint density at radius 1 is 1.21 bits per heavy atom. The van der Waals surface area contributed by atoms with E-state index in [0.29, 0.717) is 5.92 Å². The van der Waals surface area contributed by atoms with Crippen molar-refractivity contribution in [3.63, 3.8) is 0 Å². The maximum absolute atomic E-state index is 9.71. The zero-order chi connectivity index (χ0) is 17.6. The number of hydrogen-bond donors (Lipinski definition) is 1. The van der Waals surface area contributed by atoms with Gasteiger partial charge in [-0.15, -0.1) is 11.3 Å². The largest absolute Gasteiger partial charge is 0.378 e. The molecule has 0 unspecified atom stereocenters. The molecular weight excluding hydrogens is 316 g/mol. The summed E-state index contributed by atoms with van der Waals surface area (Å²) in [5.41, 5.74) is 0.143. The molecule has 2 rings (SSSR count). The first-order chi connectivity index (χ1) is 11.3. The van der Waals surface area contributed by atoms with Gasteiger partial charge in [-0.25, -0.2) is 0 Å². The van der Waals surface area contributed by atoms with Crippen LogP contribution in [0.15, 0.2) is 36.5 Å². The van der Waals surface area contributed by atoms with Crippen LogP contribution >= 0.6 is 11.3 Å². The molecular formula is C20H26N2OS. The average Bonchev–Trinajstić information content (AvgIpc) is 2.92. The lowest BCUT2D eigenvalue weighted by molar-refractivity contribution is 0.143. The van der Waals surface area contributed by atoms with Crippen molar-refractivity contribution in [2.45, 2.75) is 46.4 Å². The van der Waals surface area contributed by atoms with E-state index in [1.807, 2.05) is 24.4 Å². The van der Waals surface area contributed by atoms with Gasteiger partial charge in [0.25, 0.3) is 0 Å². The third-order valence-electron chi connectivity index (χ3n) is 3.27. The Bertz CT molecular complexity index is 690. The molecule has 1 N–H and O–H groups in total. The first-order valence-electron chi connectivity index (χ1n) is 8.28. The van der Waals surface area contributed by atoms with E-state index in [9.17, 15) is 5.11 Å². The summed E-state index contributed by atoms with van der Waals surface area (Å²) in [6, 6.07) is 10.2. The summed E-state index contributed by atoms with van der Waals surface area (Å²) in [6.07, 6.45) is 1.85. The molecule has 2 aromatic rings. The van der Waals surface area contributed by atoms with Crippen LogP contribution in [-0.2, 0) is 13.1 Å². The van der Waals surface area contributed by atoms with E-state index in [2.05, 4.69) is 47.7 Å². The van der Waals surface area contributed by atoms with Crippen molar-refractivity contribution < 1.29 is 5.11 Å². The Balaban J connectivity index is 2.06. The first kappa shape index (κ1) is 18.7. The third kappa shape index (κ3) is 6.84. The second-order valence-electron chi connectivity index (χ2n) is 6.96. The Morgan fingerprint density at radius 2 is 2.00 bits per heavy atom. The van der Waals surface area contributed by atoms with Crippen LogP contribution in [-0.4, -0.2) is 27.1 Å². The van der Waals surface area contributed by atoms with Crippen LogP contribution < -0.4 is 0 Å². The van der Waals surface area contributed by atoms with E-state index >= 15 is 0 Å². The molecule has 0 saturated heterocycles. The summed E-state index contributed by atoms with van der Waals surface area (Å²) in [5, 5.41) is 9.71. The molecule has 0 atom stereocenters. The highest BCUT2D eigenvalue weighted by molar-refractivity contribution is 7.12. The van der Waals surface area contributed by atoms with Gasteiger partial charge in [0, 0.05) is 30.7 Å². The number of thiophene rings is 1. The Morgan fingerprint density at radius 3 is 2.62 bits per heavy atom. The fourth-order valence-corrected chi connectivity index (χ4v) is 3.29. The zero-order valence-electron chi connectivity index (χ0n) is 14.9. The maximum Gasteiger partial charge on any atom is 0.120 e. The normalized spacial score (nSPS) is 11.6. The molecule has 0 aliphatic carbocycles. The van der Waals surface area contributed by atoms with Gasteiger partial charge >= 0.3 is 0 Å². The van der Waals surface area contributed by atoms with E-state index in [-0.39, 0.29) is 0 Å². The lowest BCUT2D eigenvalue weighted by Gasteiger charge is -2.23. The number of rotatable bonds is 6. The predicted molar refractivity (Wildman–Crippen MR) is 101 cm³/mol. The molecule has 128 valence electrons. The third-order valence-corrected chi connectivity index (χ3v) is 4.25. The minimum absolute atomic E-state index is 0.600. The van der Waals surface area contributed by atoms with Crippen molar-refractivity contribution in [1.82, 2.24) is 9.88 Å². The molecule has 0 aromatic carbocycles. The predicted octanol–water partition coefficient (Wildman–Crippen LogP) is 3.92. The van der Waals surface area contributed by atoms with E-state index < -0.39 is 5.60 Å². The average molecular weight is 343 g/mol. The fraction of sp³-hybridized carbons (Fsp3) is 0.450. The van der Waals surface area contributed by atoms with E-state index in [1.54, 1.807) is 25.2 Å². The molecule has 0 saturated carbocycles. The van der Waals surface area contributed by atoms with Crippen molar-refractivity contribution >= 4 is 11.3 Å². The molecule has 3 nitrogen and oxygen atoms in total. The fourth-order valence-electron chi connectivity index (χ4n) is 2.39. The monoisotopic (exact) mass is 342 g/mol. The highest BCUT2D eigenvalue weighted by atomic mass is 32.1. The lowest BCUT2D eigenvalue weighted by atomic mass is 10.1. The lowest BCUT2D eigenvalue weighted by Crippen LogP contribution is -2.27. The first-order valence-corrected chi connectivity index (χ1v) is 9.10. The van der Waals surface area contributed by atoms with Crippen LogP contribution in [0.4, 0.5) is 0 Å². The van der Waals surface area contributed by atoms with Crippen molar-refractivity contribution in [3.8, 4) is 11.8 Å². The van der Waals surface area contributed by atoms with Gasteiger partial charge < -0.3 is 5.11 Å². The van der Waals surface area contributed by atoms with Gasteiger partial charge in [-0.05, 0) is 44.0 Å². The summed E-state index contributed by atoms with van der Waals surface area (Å²) in [6.45, 7) is 10.6. The van der Waals surface area contributed by atoms with Gasteiger partial charge in [0.15, 0.2) is 0 Å². The molecule has 0 radical (unpaired) electrons. The number of hydrogen-bond acceptors (Lipinski definition) is 4. The highest BCUT2D eigenvalue weighted by Gasteiger charge is 2.12. The summed E-state index contributed by atoms with van der Waals surface area (Å²) in [7, 11) is 0. The standard InChI is InChI=1S/C20H26N2OS/c1-16(2)13-22(14-17-7-5-6-12-21-17)15-19-9-8-18(24-19)10-11-20(3,4)23/h5-9,12,16,23H,13-15H2,1-4H3. The van der Waals surface area contributed by atoms with Crippen LogP contribution in [0, 0.1) is 17.8 Å². The number of aliphatic hydroxyl groups is 1. The summed E-state index contributed by atoms with van der Waals surface area (Å²) in [5.74, 6) is 6.53. The van der Waals surface area contributed by atoms with Gasteiger partial charge in [-0.1, -0.05) is 31.8 Å². The zero-order valence-corrected chi connectivity index (χ0v) is 15.7. The van der Waals surface area contributed by atoms with Crippen LogP contribution in [0.3, 0.4) is 0 Å². The summed E-state index contributed by atoms with van der Waals surface area (Å²) >= 11 is 1.69. The van der Waals surface area contributed by atoms with Crippen LogP contribution in [0.1, 0.15) is 43.1 Å². The van der Waals surface area contributed by atoms with E-state index in [1.165, 1.54) is 4.88 Å². The van der Waals surface area contributed by atoms with Crippen molar-refractivity contribution in [2.24, 2.45) is 5.92 Å². The second kappa shape index (κ2) is 8.43. The minimum atomic E-state index is -0.952. The molecule has 0 amide bonds. The van der Waals surface area contributed by atoms with Gasteiger partial charge in [-0.2, -0.15) is 0 Å². The molecule has 0 bridgehead atoms. The van der Waals surface area contributed by atoms with Gasteiger partial charge in [0.05, 0.1) is 10.6 Å². The molecule has 0 aliphatic heterocycles. The Labute approximate surface area is 149 Å². The van der Waals surface area contributed by atoms with Crippen molar-refractivity contribution in [2.75, 3.05) is 6.54 Å². The number of aromatic nitrogens is 1. The Kier molecular flexibility index (Phi) is 6.56. The van der Waals surface area contributed by atoms with Crippen LogP contribution in [0.25, 0.3) is 0 Å². The van der Waals surface area contributed by atoms with E-state index in [4.69, 9.17) is 0 Å². The van der Waals surface area contributed by atoms with Gasteiger partial charge in [0.2, 0.25) is 0 Å². The van der Waals surface area contributed by atoms with Crippen molar-refractivity contribution in [1.29, 1.82) is 0 Å². The maximum atomic E-state index is 9.71. The smallest absolute Gasteiger partial charge is 0.120 e. The van der Waals surface area contributed by atoms with E-state index in [0.717, 1.165) is 30.2 Å². The summed E-state index contributed by atoms with van der Waals surface area (Å²) < 4.78 is 0. The molecule has 0 aliphatic rings. The number of pyridine rings is 1. The minimum Gasteiger partial charge on any atom is -0.378 e. The molecule has 0 fully saturated rings. The second-order valence-corrected chi connectivity index (χ2v) is 8.13. The molecule has 4 heteroatoms. The quantitative estimate of drug-likeness (QED) is 0.808. The van der Waals surface area contributed by atoms with Crippen LogP contribution in [0.2, 0.25) is 0 Å². The highest BCUT2D eigenvalue weighted by Crippen LogP contribution is 2.19. The molecule has 2 aromatic heterocycles.